The summed E-state index contributed by atoms with van der Waals surface area (Å²) in [5.74, 6) is 0.438. The zero-order chi connectivity index (χ0) is 16.9. The molecule has 2 aromatic carbocycles. The highest BCUT2D eigenvalue weighted by Crippen LogP contribution is 2.13. The number of methoxy groups -OCH3 is 1. The van der Waals surface area contributed by atoms with Gasteiger partial charge in [-0.2, -0.15) is 4.98 Å². The molecule has 0 radical (unpaired) electrons. The molecule has 0 saturated carbocycles. The Bertz CT molecular complexity index is 917. The summed E-state index contributed by atoms with van der Waals surface area (Å²) >= 11 is 0. The third-order valence-electron chi connectivity index (χ3n) is 3.71. The highest BCUT2D eigenvalue weighted by molar-refractivity contribution is 6.04. The summed E-state index contributed by atoms with van der Waals surface area (Å²) in [4.78, 5) is 30.4. The maximum absolute atomic E-state index is 12.4. The van der Waals surface area contributed by atoms with Gasteiger partial charge < -0.3 is 15.0 Å². The second kappa shape index (κ2) is 6.95. The number of fused-ring (bicyclic) bond motifs is 1. The molecule has 0 aliphatic heterocycles. The van der Waals surface area contributed by atoms with Crippen molar-refractivity contribution in [3.05, 3.63) is 70.3 Å². The Labute approximate surface area is 138 Å². The van der Waals surface area contributed by atoms with Gasteiger partial charge in [0.2, 0.25) is 0 Å². The topological polar surface area (TPSA) is 84.1 Å². The van der Waals surface area contributed by atoms with Gasteiger partial charge in [-0.1, -0.05) is 30.3 Å². The molecule has 3 aromatic rings. The first-order valence-corrected chi connectivity index (χ1v) is 7.57. The van der Waals surface area contributed by atoms with Crippen LogP contribution in [0.5, 0.6) is 5.75 Å². The average molecular weight is 323 g/mol. The van der Waals surface area contributed by atoms with Crippen molar-refractivity contribution in [1.29, 1.82) is 0 Å². The molecule has 3 rings (SSSR count). The van der Waals surface area contributed by atoms with E-state index < -0.39 is 5.69 Å². The van der Waals surface area contributed by atoms with Gasteiger partial charge in [0.15, 0.2) is 0 Å². The molecule has 6 nitrogen and oxygen atoms in total. The fourth-order valence-electron chi connectivity index (χ4n) is 2.47. The van der Waals surface area contributed by atoms with Crippen LogP contribution < -0.4 is 15.7 Å². The van der Waals surface area contributed by atoms with Crippen LogP contribution in [0.2, 0.25) is 0 Å². The maximum Gasteiger partial charge on any atom is 0.346 e. The van der Waals surface area contributed by atoms with Crippen molar-refractivity contribution in [3.63, 3.8) is 0 Å². The van der Waals surface area contributed by atoms with Crippen molar-refractivity contribution in [2.45, 2.75) is 6.42 Å². The minimum atomic E-state index is -0.533. The number of aromatic nitrogens is 2. The van der Waals surface area contributed by atoms with E-state index in [0.717, 1.165) is 11.3 Å². The average Bonchev–Trinajstić information content (AvgIpc) is 2.61. The van der Waals surface area contributed by atoms with Crippen LogP contribution in [0.1, 0.15) is 16.1 Å². The molecule has 0 fully saturated rings. The molecule has 2 N–H and O–H groups in total. The van der Waals surface area contributed by atoms with Gasteiger partial charge in [0.1, 0.15) is 11.4 Å². The normalized spacial score (nSPS) is 10.5. The van der Waals surface area contributed by atoms with Crippen molar-refractivity contribution in [1.82, 2.24) is 15.3 Å². The van der Waals surface area contributed by atoms with Crippen molar-refractivity contribution in [3.8, 4) is 5.75 Å². The molecule has 0 atom stereocenters. The maximum atomic E-state index is 12.4. The first-order chi connectivity index (χ1) is 11.7. The molecule has 1 amide bonds. The fourth-order valence-corrected chi connectivity index (χ4v) is 2.47. The van der Waals surface area contributed by atoms with E-state index in [0.29, 0.717) is 23.9 Å². The molecule has 122 valence electrons. The summed E-state index contributed by atoms with van der Waals surface area (Å²) in [6, 6.07) is 14.8. The van der Waals surface area contributed by atoms with Gasteiger partial charge in [0.05, 0.1) is 12.6 Å². The first-order valence-electron chi connectivity index (χ1n) is 7.57. The molecule has 0 aliphatic rings. The summed E-state index contributed by atoms with van der Waals surface area (Å²) in [5, 5.41) is 3.43. The minimum Gasteiger partial charge on any atom is -0.497 e. The smallest absolute Gasteiger partial charge is 0.346 e. The molecule has 24 heavy (non-hydrogen) atoms. The lowest BCUT2D eigenvalue weighted by molar-refractivity contribution is 0.0950. The number of para-hydroxylation sites is 1. The van der Waals surface area contributed by atoms with E-state index in [1.807, 2.05) is 24.3 Å². The van der Waals surface area contributed by atoms with Crippen molar-refractivity contribution in [2.24, 2.45) is 0 Å². The lowest BCUT2D eigenvalue weighted by Crippen LogP contribution is -2.29. The predicted molar refractivity (Wildman–Crippen MR) is 91.4 cm³/mol. The standard InChI is InChI=1S/C18H17N3O3/c1-24-13-8-6-12(7-9-13)10-11-19-17(22)16-14-4-2-3-5-15(14)20-18(23)21-16/h2-9H,10-11H2,1H3,(H,19,22)(H,20,21,23). The zero-order valence-electron chi connectivity index (χ0n) is 13.2. The van der Waals surface area contributed by atoms with E-state index in [1.54, 1.807) is 31.4 Å². The lowest BCUT2D eigenvalue weighted by atomic mass is 10.1. The van der Waals surface area contributed by atoms with E-state index in [1.165, 1.54) is 0 Å². The van der Waals surface area contributed by atoms with E-state index in [9.17, 15) is 9.59 Å². The van der Waals surface area contributed by atoms with Gasteiger partial charge in [0, 0.05) is 11.9 Å². The number of nitrogens with one attached hydrogen (secondary N) is 2. The molecular formula is C18H17N3O3. The number of hydrogen-bond acceptors (Lipinski definition) is 4. The van der Waals surface area contributed by atoms with Crippen molar-refractivity contribution < 1.29 is 9.53 Å². The van der Waals surface area contributed by atoms with E-state index >= 15 is 0 Å². The number of rotatable bonds is 5. The molecule has 0 aliphatic carbocycles. The summed E-state index contributed by atoms with van der Waals surface area (Å²) in [5.41, 5.74) is 1.29. The molecule has 0 bridgehead atoms. The van der Waals surface area contributed by atoms with Crippen molar-refractivity contribution in [2.75, 3.05) is 13.7 Å². The second-order valence-corrected chi connectivity index (χ2v) is 5.29. The number of amides is 1. The van der Waals surface area contributed by atoms with Crippen LogP contribution in [0.3, 0.4) is 0 Å². The molecular weight excluding hydrogens is 306 g/mol. The van der Waals surface area contributed by atoms with Crippen molar-refractivity contribution >= 4 is 16.8 Å². The summed E-state index contributed by atoms with van der Waals surface area (Å²) < 4.78 is 5.11. The molecule has 6 heteroatoms. The Morgan fingerprint density at radius 3 is 2.67 bits per heavy atom. The van der Waals surface area contributed by atoms with Crippen LogP contribution in [-0.2, 0) is 6.42 Å². The Morgan fingerprint density at radius 2 is 1.92 bits per heavy atom. The number of carbonyl (C=O) groups is 1. The van der Waals surface area contributed by atoms with Crippen LogP contribution >= 0.6 is 0 Å². The number of carbonyl (C=O) groups excluding carboxylic acids is 1. The van der Waals surface area contributed by atoms with E-state index in [2.05, 4.69) is 15.3 Å². The number of aromatic amines is 1. The molecule has 0 saturated heterocycles. The number of nitrogens with zero attached hydrogens (tertiary/aromatic N) is 1. The van der Waals surface area contributed by atoms with Gasteiger partial charge in [-0.15, -0.1) is 0 Å². The largest absolute Gasteiger partial charge is 0.497 e. The highest BCUT2D eigenvalue weighted by Gasteiger charge is 2.12. The van der Waals surface area contributed by atoms with E-state index in [4.69, 9.17) is 4.74 Å². The summed E-state index contributed by atoms with van der Waals surface area (Å²) in [6.07, 6.45) is 0.677. The van der Waals surface area contributed by atoms with Crippen LogP contribution in [0.25, 0.3) is 10.9 Å². The summed E-state index contributed by atoms with van der Waals surface area (Å²) in [7, 11) is 1.62. The third-order valence-corrected chi connectivity index (χ3v) is 3.71. The van der Waals surface area contributed by atoms with Gasteiger partial charge >= 0.3 is 5.69 Å². The predicted octanol–water partition coefficient (Wildman–Crippen LogP) is 1.90. The Morgan fingerprint density at radius 1 is 1.17 bits per heavy atom. The lowest BCUT2D eigenvalue weighted by Gasteiger charge is -2.07. The van der Waals surface area contributed by atoms with Gasteiger partial charge in [-0.3, -0.25) is 4.79 Å². The van der Waals surface area contributed by atoms with Crippen LogP contribution in [0.15, 0.2) is 53.3 Å². The number of benzene rings is 2. The van der Waals surface area contributed by atoms with Crippen LogP contribution in [-0.4, -0.2) is 29.5 Å². The van der Waals surface area contributed by atoms with Gasteiger partial charge in [0.25, 0.3) is 5.91 Å². The molecule has 1 aromatic heterocycles. The molecule has 0 spiro atoms. The second-order valence-electron chi connectivity index (χ2n) is 5.29. The van der Waals surface area contributed by atoms with Crippen LogP contribution in [0.4, 0.5) is 0 Å². The molecule has 0 unspecified atom stereocenters. The monoisotopic (exact) mass is 323 g/mol. The quantitative estimate of drug-likeness (QED) is 0.751. The zero-order valence-corrected chi connectivity index (χ0v) is 13.2. The highest BCUT2D eigenvalue weighted by atomic mass is 16.5. The van der Waals surface area contributed by atoms with Gasteiger partial charge in [-0.05, 0) is 30.2 Å². The Hall–Kier alpha value is -3.15. The number of H-pyrrole nitrogens is 1. The number of ether oxygens (including phenoxy) is 1. The van der Waals surface area contributed by atoms with E-state index in [-0.39, 0.29) is 11.6 Å². The van der Waals surface area contributed by atoms with Gasteiger partial charge in [-0.25, -0.2) is 4.79 Å². The minimum absolute atomic E-state index is 0.143. The number of hydrogen-bond donors (Lipinski definition) is 2. The first kappa shape index (κ1) is 15.7. The molecule has 1 heterocycles. The Balaban J connectivity index is 1.70. The third kappa shape index (κ3) is 3.43. The fraction of sp³-hybridized carbons (Fsp3) is 0.167. The van der Waals surface area contributed by atoms with Crippen LogP contribution in [0, 0.1) is 0 Å². The SMILES string of the molecule is COc1ccc(CCNC(=O)c2nc(=O)[nH]c3ccccc23)cc1. The summed E-state index contributed by atoms with van der Waals surface area (Å²) in [6.45, 7) is 0.452. The Kier molecular flexibility index (Phi) is 4.56.